The molecule has 0 amide bonds. The predicted molar refractivity (Wildman–Crippen MR) is 69.8 cm³/mol. The molecule has 2 rings (SSSR count). The largest absolute Gasteiger partial charge is 0.480 e. The highest BCUT2D eigenvalue weighted by atomic mass is 16.4. The van der Waals surface area contributed by atoms with Gasteiger partial charge in [-0.05, 0) is 19.1 Å². The molecule has 0 saturated carbocycles. The van der Waals surface area contributed by atoms with Crippen LogP contribution < -0.4 is 10.6 Å². The molecule has 94 valence electrons. The number of hydrogen-bond donors (Lipinski definition) is 3. The van der Waals surface area contributed by atoms with E-state index in [0.717, 1.165) is 10.9 Å². The van der Waals surface area contributed by atoms with Crippen LogP contribution in [0.2, 0.25) is 0 Å². The number of carboxylic acids is 1. The molecule has 0 unspecified atom stereocenters. The van der Waals surface area contributed by atoms with Gasteiger partial charge in [-0.15, -0.1) is 0 Å². The van der Waals surface area contributed by atoms with Gasteiger partial charge in [0.2, 0.25) is 5.95 Å². The minimum Gasteiger partial charge on any atom is -0.480 e. The van der Waals surface area contributed by atoms with E-state index in [1.807, 2.05) is 24.3 Å². The van der Waals surface area contributed by atoms with E-state index in [1.165, 1.54) is 0 Å². The highest BCUT2D eigenvalue weighted by Crippen LogP contribution is 2.21. The maximum atomic E-state index is 10.8. The van der Waals surface area contributed by atoms with E-state index in [2.05, 4.69) is 20.6 Å². The lowest BCUT2D eigenvalue weighted by Crippen LogP contribution is -2.26. The van der Waals surface area contributed by atoms with Crippen LogP contribution in [0.4, 0.5) is 11.8 Å². The molecule has 0 radical (unpaired) electrons. The zero-order chi connectivity index (χ0) is 13.1. The van der Waals surface area contributed by atoms with E-state index >= 15 is 0 Å². The zero-order valence-electron chi connectivity index (χ0n) is 10.1. The van der Waals surface area contributed by atoms with E-state index in [4.69, 9.17) is 5.11 Å². The molecule has 0 saturated heterocycles. The first-order valence-electron chi connectivity index (χ1n) is 5.55. The monoisotopic (exact) mass is 246 g/mol. The van der Waals surface area contributed by atoms with Gasteiger partial charge in [-0.2, -0.15) is 4.98 Å². The second-order valence-corrected chi connectivity index (χ2v) is 3.87. The van der Waals surface area contributed by atoms with Crippen LogP contribution in [0.5, 0.6) is 0 Å². The lowest BCUT2D eigenvalue weighted by molar-refractivity contribution is -0.137. The second kappa shape index (κ2) is 4.87. The average molecular weight is 246 g/mol. The quantitative estimate of drug-likeness (QED) is 0.758. The molecule has 0 aliphatic rings. The van der Waals surface area contributed by atoms with Crippen molar-refractivity contribution in [1.29, 1.82) is 0 Å². The maximum absolute atomic E-state index is 10.8. The summed E-state index contributed by atoms with van der Waals surface area (Å²) in [4.78, 5) is 19.3. The number of aromatic nitrogens is 2. The van der Waals surface area contributed by atoms with Crippen molar-refractivity contribution in [3.63, 3.8) is 0 Å². The molecule has 0 aliphatic heterocycles. The molecule has 18 heavy (non-hydrogen) atoms. The Kier molecular flexibility index (Phi) is 3.27. The Morgan fingerprint density at radius 2 is 2.06 bits per heavy atom. The third-order valence-corrected chi connectivity index (χ3v) is 2.56. The van der Waals surface area contributed by atoms with Crippen molar-refractivity contribution in [2.75, 3.05) is 17.7 Å². The highest BCUT2D eigenvalue weighted by molar-refractivity contribution is 5.90. The van der Waals surface area contributed by atoms with Crippen molar-refractivity contribution < 1.29 is 9.90 Å². The maximum Gasteiger partial charge on any atom is 0.325 e. The van der Waals surface area contributed by atoms with Gasteiger partial charge in [0.25, 0.3) is 0 Å². The Hall–Kier alpha value is -2.37. The summed E-state index contributed by atoms with van der Waals surface area (Å²) in [5, 5.41) is 15.5. The fourth-order valence-corrected chi connectivity index (χ4v) is 1.59. The minimum absolute atomic E-state index is 0.299. The molecule has 6 heteroatoms. The van der Waals surface area contributed by atoms with Crippen LogP contribution in [-0.4, -0.2) is 34.1 Å². The van der Waals surface area contributed by atoms with Gasteiger partial charge < -0.3 is 15.7 Å². The number of carboxylic acid groups (broad SMARTS) is 1. The number of rotatable bonds is 4. The van der Waals surface area contributed by atoms with Crippen molar-refractivity contribution >= 4 is 28.6 Å². The molecule has 0 bridgehead atoms. The van der Waals surface area contributed by atoms with Crippen LogP contribution in [-0.2, 0) is 4.79 Å². The smallest absolute Gasteiger partial charge is 0.325 e. The van der Waals surface area contributed by atoms with Crippen molar-refractivity contribution in [2.24, 2.45) is 0 Å². The Labute approximate surface area is 104 Å². The fourth-order valence-electron chi connectivity index (χ4n) is 1.59. The van der Waals surface area contributed by atoms with Crippen molar-refractivity contribution in [2.45, 2.75) is 13.0 Å². The standard InChI is InChI=1S/C12H14N4O2/c1-7(11(17)18)14-12-15-9-6-4-3-5-8(9)10(13-2)16-12/h3-7H,1-2H3,(H,17,18)(H2,13,14,15,16)/t7-/m0/s1. The molecular formula is C12H14N4O2. The molecule has 0 spiro atoms. The minimum atomic E-state index is -0.947. The van der Waals surface area contributed by atoms with Crippen LogP contribution in [0, 0.1) is 0 Å². The van der Waals surface area contributed by atoms with Gasteiger partial charge in [0, 0.05) is 12.4 Å². The number of nitrogens with zero attached hydrogens (tertiary/aromatic N) is 2. The van der Waals surface area contributed by atoms with Gasteiger partial charge in [0.05, 0.1) is 5.52 Å². The molecule has 6 nitrogen and oxygen atoms in total. The van der Waals surface area contributed by atoms with Gasteiger partial charge in [0.1, 0.15) is 11.9 Å². The van der Waals surface area contributed by atoms with Crippen molar-refractivity contribution in [3.05, 3.63) is 24.3 Å². The van der Waals surface area contributed by atoms with Crippen LogP contribution in [0.1, 0.15) is 6.92 Å². The number of carbonyl (C=O) groups is 1. The molecule has 1 aromatic heterocycles. The van der Waals surface area contributed by atoms with Crippen LogP contribution in [0.25, 0.3) is 10.9 Å². The van der Waals surface area contributed by atoms with Gasteiger partial charge in [-0.25, -0.2) is 4.98 Å². The van der Waals surface area contributed by atoms with Gasteiger partial charge in [-0.3, -0.25) is 4.79 Å². The second-order valence-electron chi connectivity index (χ2n) is 3.87. The Balaban J connectivity index is 2.44. The number of anilines is 2. The summed E-state index contributed by atoms with van der Waals surface area (Å²) >= 11 is 0. The molecular weight excluding hydrogens is 232 g/mol. The Bertz CT molecular complexity index is 585. The highest BCUT2D eigenvalue weighted by Gasteiger charge is 2.13. The molecule has 3 N–H and O–H groups in total. The van der Waals surface area contributed by atoms with Crippen molar-refractivity contribution in [1.82, 2.24) is 9.97 Å². The van der Waals surface area contributed by atoms with Crippen molar-refractivity contribution in [3.8, 4) is 0 Å². The third kappa shape index (κ3) is 2.32. The molecule has 1 aromatic carbocycles. The number of hydrogen-bond acceptors (Lipinski definition) is 5. The Morgan fingerprint density at radius 1 is 1.33 bits per heavy atom. The zero-order valence-corrected chi connectivity index (χ0v) is 10.1. The van der Waals surface area contributed by atoms with E-state index in [1.54, 1.807) is 14.0 Å². The first kappa shape index (κ1) is 12.1. The summed E-state index contributed by atoms with van der Waals surface area (Å²) in [5.74, 6) is 0.0198. The summed E-state index contributed by atoms with van der Waals surface area (Å²) in [5.41, 5.74) is 0.761. The number of nitrogens with one attached hydrogen (secondary N) is 2. The number of para-hydroxylation sites is 1. The van der Waals surface area contributed by atoms with Gasteiger partial charge >= 0.3 is 5.97 Å². The van der Waals surface area contributed by atoms with Crippen LogP contribution in [0.3, 0.4) is 0 Å². The van der Waals surface area contributed by atoms with Crippen LogP contribution in [0.15, 0.2) is 24.3 Å². The molecule has 0 aliphatic carbocycles. The summed E-state index contributed by atoms with van der Waals surface area (Å²) in [6, 6.07) is 6.80. The number of benzene rings is 1. The number of fused-ring (bicyclic) bond motifs is 1. The van der Waals surface area contributed by atoms with Gasteiger partial charge in [-0.1, -0.05) is 12.1 Å². The fraction of sp³-hybridized carbons (Fsp3) is 0.250. The number of aliphatic carboxylic acids is 1. The van der Waals surface area contributed by atoms with Crippen LogP contribution >= 0.6 is 0 Å². The SMILES string of the molecule is CNc1nc(N[C@@H](C)C(=O)O)nc2ccccc12. The summed E-state index contributed by atoms with van der Waals surface area (Å²) in [7, 11) is 1.76. The summed E-state index contributed by atoms with van der Waals surface area (Å²) < 4.78 is 0. The van der Waals surface area contributed by atoms with E-state index in [9.17, 15) is 4.79 Å². The molecule has 2 aromatic rings. The lowest BCUT2D eigenvalue weighted by Gasteiger charge is -2.11. The average Bonchev–Trinajstić information content (AvgIpc) is 2.37. The van der Waals surface area contributed by atoms with E-state index in [0.29, 0.717) is 11.8 Å². The third-order valence-electron chi connectivity index (χ3n) is 2.56. The topological polar surface area (TPSA) is 87.1 Å². The first-order valence-corrected chi connectivity index (χ1v) is 5.55. The van der Waals surface area contributed by atoms with Gasteiger partial charge in [0.15, 0.2) is 0 Å². The summed E-state index contributed by atoms with van der Waals surface area (Å²) in [6.45, 7) is 1.54. The van der Waals surface area contributed by atoms with E-state index in [-0.39, 0.29) is 0 Å². The molecule has 0 fully saturated rings. The lowest BCUT2D eigenvalue weighted by atomic mass is 10.2. The molecule has 1 heterocycles. The van der Waals surface area contributed by atoms with E-state index < -0.39 is 12.0 Å². The first-order chi connectivity index (χ1) is 8.61. The molecule has 1 atom stereocenters. The normalized spacial score (nSPS) is 12.1. The predicted octanol–water partition coefficient (Wildman–Crippen LogP) is 1.56. The summed E-state index contributed by atoms with van der Waals surface area (Å²) in [6.07, 6.45) is 0. The Morgan fingerprint density at radius 3 is 2.72 bits per heavy atom.